The van der Waals surface area contributed by atoms with Gasteiger partial charge in [-0.3, -0.25) is 0 Å². The monoisotopic (exact) mass is 232 g/mol. The summed E-state index contributed by atoms with van der Waals surface area (Å²) in [6.45, 7) is 0.205. The van der Waals surface area contributed by atoms with Crippen LogP contribution >= 0.6 is 15.9 Å². The van der Waals surface area contributed by atoms with Crippen molar-refractivity contribution in [2.24, 2.45) is 0 Å². The summed E-state index contributed by atoms with van der Waals surface area (Å²) in [6, 6.07) is 7.75. The summed E-state index contributed by atoms with van der Waals surface area (Å²) in [5, 5.41) is 0. The van der Waals surface area contributed by atoms with Gasteiger partial charge in [-0.05, 0) is 11.6 Å². The van der Waals surface area contributed by atoms with E-state index in [-0.39, 0.29) is 6.61 Å². The third kappa shape index (κ3) is 2.91. The van der Waals surface area contributed by atoms with E-state index in [2.05, 4.69) is 15.9 Å². The molecule has 1 nitrogen and oxygen atoms in total. The Kier molecular flexibility index (Phi) is 4.25. The Morgan fingerprint density at radius 2 is 2.08 bits per heavy atom. The molecular formula is C9H10BrFO. The lowest BCUT2D eigenvalue weighted by atomic mass is 10.2. The third-order valence-corrected chi connectivity index (χ3v) is 2.21. The van der Waals surface area contributed by atoms with Crippen molar-refractivity contribution in [3.05, 3.63) is 34.3 Å². The summed E-state index contributed by atoms with van der Waals surface area (Å²) in [7, 11) is 0. The maximum atomic E-state index is 11.7. The van der Waals surface area contributed by atoms with E-state index >= 15 is 0 Å². The molecule has 1 aromatic rings. The highest BCUT2D eigenvalue weighted by Gasteiger charge is 1.96. The van der Waals surface area contributed by atoms with Crippen LogP contribution in [0.4, 0.5) is 4.39 Å². The second kappa shape index (κ2) is 5.27. The Morgan fingerprint density at radius 3 is 2.75 bits per heavy atom. The highest BCUT2D eigenvalue weighted by Crippen LogP contribution is 2.16. The van der Waals surface area contributed by atoms with E-state index in [1.807, 2.05) is 24.3 Å². The summed E-state index contributed by atoms with van der Waals surface area (Å²) in [5.74, 6) is 0. The molecule has 0 aliphatic carbocycles. The minimum atomic E-state index is -0.426. The van der Waals surface area contributed by atoms with Crippen LogP contribution in [0, 0.1) is 0 Å². The molecule has 66 valence electrons. The van der Waals surface area contributed by atoms with Gasteiger partial charge in [0, 0.05) is 4.47 Å². The molecule has 0 radical (unpaired) electrons. The zero-order valence-electron chi connectivity index (χ0n) is 6.59. The lowest BCUT2D eigenvalue weighted by Crippen LogP contribution is -1.97. The fourth-order valence-electron chi connectivity index (χ4n) is 0.852. The van der Waals surface area contributed by atoms with Crippen LogP contribution in [0.5, 0.6) is 0 Å². The number of halogens is 2. The van der Waals surface area contributed by atoms with Gasteiger partial charge in [-0.2, -0.15) is 0 Å². The first-order chi connectivity index (χ1) is 5.84. The number of hydrogen-bond donors (Lipinski definition) is 0. The Morgan fingerprint density at radius 1 is 1.33 bits per heavy atom. The maximum absolute atomic E-state index is 11.7. The largest absolute Gasteiger partial charge is 0.374 e. The average Bonchev–Trinajstić information content (AvgIpc) is 2.09. The van der Waals surface area contributed by atoms with Crippen molar-refractivity contribution in [2.45, 2.75) is 6.61 Å². The van der Waals surface area contributed by atoms with Gasteiger partial charge in [0.15, 0.2) is 0 Å². The zero-order valence-corrected chi connectivity index (χ0v) is 8.18. The van der Waals surface area contributed by atoms with Crippen LogP contribution in [0.2, 0.25) is 0 Å². The van der Waals surface area contributed by atoms with E-state index in [0.717, 1.165) is 10.0 Å². The quantitative estimate of drug-likeness (QED) is 0.726. The minimum absolute atomic E-state index is 0.168. The van der Waals surface area contributed by atoms with Crippen molar-refractivity contribution < 1.29 is 9.13 Å². The summed E-state index contributed by atoms with van der Waals surface area (Å²) in [4.78, 5) is 0. The molecule has 0 saturated heterocycles. The topological polar surface area (TPSA) is 9.23 Å². The van der Waals surface area contributed by atoms with E-state index in [4.69, 9.17) is 4.74 Å². The molecule has 0 saturated carbocycles. The van der Waals surface area contributed by atoms with E-state index in [9.17, 15) is 4.39 Å². The van der Waals surface area contributed by atoms with E-state index < -0.39 is 6.67 Å². The molecule has 0 fully saturated rings. The number of benzene rings is 1. The molecule has 0 aliphatic heterocycles. The van der Waals surface area contributed by atoms with Crippen LogP contribution in [-0.4, -0.2) is 13.3 Å². The number of alkyl halides is 1. The maximum Gasteiger partial charge on any atom is 0.113 e. The first-order valence-corrected chi connectivity index (χ1v) is 4.51. The second-order valence-corrected chi connectivity index (χ2v) is 3.19. The molecule has 0 amide bonds. The first kappa shape index (κ1) is 9.68. The summed E-state index contributed by atoms with van der Waals surface area (Å²) in [6.07, 6.45) is 0. The average molecular weight is 233 g/mol. The molecule has 0 spiro atoms. The van der Waals surface area contributed by atoms with Gasteiger partial charge in [0.05, 0.1) is 13.2 Å². The highest BCUT2D eigenvalue weighted by atomic mass is 79.9. The van der Waals surface area contributed by atoms with Gasteiger partial charge < -0.3 is 4.74 Å². The van der Waals surface area contributed by atoms with E-state index in [1.165, 1.54) is 0 Å². The van der Waals surface area contributed by atoms with E-state index in [0.29, 0.717) is 6.61 Å². The normalized spacial score (nSPS) is 10.2. The van der Waals surface area contributed by atoms with Gasteiger partial charge in [-0.1, -0.05) is 34.1 Å². The van der Waals surface area contributed by atoms with Gasteiger partial charge in [0.25, 0.3) is 0 Å². The van der Waals surface area contributed by atoms with Crippen LogP contribution in [0.25, 0.3) is 0 Å². The zero-order chi connectivity index (χ0) is 8.81. The van der Waals surface area contributed by atoms with Crippen molar-refractivity contribution in [2.75, 3.05) is 13.3 Å². The number of ether oxygens (including phenoxy) is 1. The van der Waals surface area contributed by atoms with Crippen molar-refractivity contribution in [1.29, 1.82) is 0 Å². The van der Waals surface area contributed by atoms with Crippen LogP contribution in [0.3, 0.4) is 0 Å². The van der Waals surface area contributed by atoms with Crippen LogP contribution < -0.4 is 0 Å². The molecule has 1 aromatic carbocycles. The summed E-state index contributed by atoms with van der Waals surface area (Å²) >= 11 is 3.37. The van der Waals surface area contributed by atoms with Gasteiger partial charge in [-0.15, -0.1) is 0 Å². The Balaban J connectivity index is 2.46. The molecule has 3 heteroatoms. The van der Waals surface area contributed by atoms with Crippen molar-refractivity contribution in [3.63, 3.8) is 0 Å². The predicted octanol–water partition coefficient (Wildman–Crippen LogP) is 2.94. The molecule has 0 aliphatic rings. The lowest BCUT2D eigenvalue weighted by Gasteiger charge is -2.03. The lowest BCUT2D eigenvalue weighted by molar-refractivity contribution is 0.106. The Bertz CT molecular complexity index is 240. The fraction of sp³-hybridized carbons (Fsp3) is 0.333. The standard InChI is InChI=1S/C9H10BrFO/c10-9-4-2-1-3-8(9)7-12-6-5-11/h1-4H,5-7H2. The molecule has 0 aromatic heterocycles. The third-order valence-electron chi connectivity index (χ3n) is 1.44. The first-order valence-electron chi connectivity index (χ1n) is 3.71. The molecule has 0 N–H and O–H groups in total. The van der Waals surface area contributed by atoms with E-state index in [1.54, 1.807) is 0 Å². The molecule has 1 rings (SSSR count). The van der Waals surface area contributed by atoms with Crippen molar-refractivity contribution in [1.82, 2.24) is 0 Å². The molecule has 12 heavy (non-hydrogen) atoms. The van der Waals surface area contributed by atoms with Crippen molar-refractivity contribution >= 4 is 15.9 Å². The van der Waals surface area contributed by atoms with Crippen LogP contribution in [0.1, 0.15) is 5.56 Å². The second-order valence-electron chi connectivity index (χ2n) is 2.33. The summed E-state index contributed by atoms with van der Waals surface area (Å²) < 4.78 is 17.7. The minimum Gasteiger partial charge on any atom is -0.374 e. The van der Waals surface area contributed by atoms with Gasteiger partial charge in [0.1, 0.15) is 6.67 Å². The van der Waals surface area contributed by atoms with Gasteiger partial charge >= 0.3 is 0 Å². The van der Waals surface area contributed by atoms with Gasteiger partial charge in [-0.25, -0.2) is 4.39 Å². The smallest absolute Gasteiger partial charge is 0.113 e. The Labute approximate surface area is 79.7 Å². The summed E-state index contributed by atoms with van der Waals surface area (Å²) in [5.41, 5.74) is 1.05. The van der Waals surface area contributed by atoms with Crippen LogP contribution in [0.15, 0.2) is 28.7 Å². The molecule has 0 bridgehead atoms. The molecular weight excluding hydrogens is 223 g/mol. The Hall–Kier alpha value is -0.410. The molecule has 0 unspecified atom stereocenters. The fourth-order valence-corrected chi connectivity index (χ4v) is 1.25. The number of rotatable bonds is 4. The SMILES string of the molecule is FCCOCc1ccccc1Br. The molecule has 0 heterocycles. The number of hydrogen-bond acceptors (Lipinski definition) is 1. The highest BCUT2D eigenvalue weighted by molar-refractivity contribution is 9.10. The van der Waals surface area contributed by atoms with Crippen LogP contribution in [-0.2, 0) is 11.3 Å². The molecule has 0 atom stereocenters. The van der Waals surface area contributed by atoms with Gasteiger partial charge in [0.2, 0.25) is 0 Å². The van der Waals surface area contributed by atoms with Crippen molar-refractivity contribution in [3.8, 4) is 0 Å². The predicted molar refractivity (Wildman–Crippen MR) is 49.8 cm³/mol.